The molecule has 0 heterocycles. The molecule has 0 aliphatic rings. The Kier molecular flexibility index (Phi) is 8.16. The molecule has 0 bridgehead atoms. The molecule has 8 rings (SSSR count). The van der Waals surface area contributed by atoms with Crippen LogP contribution in [0, 0.1) is 0 Å². The van der Waals surface area contributed by atoms with Gasteiger partial charge in [-0.1, -0.05) is 149 Å². The molecule has 1 nitrogen and oxygen atoms in total. The van der Waals surface area contributed by atoms with E-state index >= 15 is 0 Å². The van der Waals surface area contributed by atoms with Gasteiger partial charge in [-0.15, -0.1) is 0 Å². The first-order chi connectivity index (χ1) is 23.7. The molecule has 0 saturated carbocycles. The fourth-order valence-electron chi connectivity index (χ4n) is 6.49. The van der Waals surface area contributed by atoms with Gasteiger partial charge in [0, 0.05) is 21.5 Å². The molecule has 0 aliphatic heterocycles. The molecule has 228 valence electrons. The van der Waals surface area contributed by atoms with Gasteiger partial charge in [-0.2, -0.15) is 0 Å². The second-order valence-electron chi connectivity index (χ2n) is 12.0. The second kappa shape index (κ2) is 13.2. The van der Waals surface area contributed by atoms with Gasteiger partial charge in [-0.25, -0.2) is 0 Å². The van der Waals surface area contributed by atoms with E-state index in [4.69, 9.17) is 0 Å². The van der Waals surface area contributed by atoms with Gasteiger partial charge in [0.25, 0.3) is 0 Å². The summed E-state index contributed by atoms with van der Waals surface area (Å²) in [5.41, 5.74) is 12.9. The van der Waals surface area contributed by atoms with Gasteiger partial charge in [-0.05, 0) is 116 Å². The van der Waals surface area contributed by atoms with Gasteiger partial charge in [0.1, 0.15) is 0 Å². The van der Waals surface area contributed by atoms with Crippen LogP contribution in [0.2, 0.25) is 0 Å². The van der Waals surface area contributed by atoms with Crippen LogP contribution in [0.1, 0.15) is 0 Å². The lowest BCUT2D eigenvalue weighted by Gasteiger charge is -2.27. The Bertz CT molecular complexity index is 2330. The summed E-state index contributed by atoms with van der Waals surface area (Å²) in [7, 11) is 0. The van der Waals surface area contributed by atoms with Crippen molar-refractivity contribution in [3.63, 3.8) is 0 Å². The summed E-state index contributed by atoms with van der Waals surface area (Å²) in [4.78, 5) is 2.34. The zero-order valence-electron chi connectivity index (χ0n) is 26.3. The van der Waals surface area contributed by atoms with E-state index in [2.05, 4.69) is 215 Å². The topological polar surface area (TPSA) is 3.24 Å². The Morgan fingerprint density at radius 2 is 0.812 bits per heavy atom. The molecule has 0 aliphatic carbocycles. The number of hydrogen-bond donors (Lipinski definition) is 0. The normalized spacial score (nSPS) is 11.0. The smallest absolute Gasteiger partial charge is 0.0468 e. The first-order valence-electron chi connectivity index (χ1n) is 16.2. The van der Waals surface area contributed by atoms with Crippen LogP contribution < -0.4 is 4.90 Å². The van der Waals surface area contributed by atoms with E-state index in [-0.39, 0.29) is 0 Å². The number of rotatable bonds is 7. The van der Waals surface area contributed by atoms with E-state index in [0.717, 1.165) is 21.5 Å². The molecule has 0 radical (unpaired) electrons. The average molecular weight is 679 g/mol. The third-order valence-electron chi connectivity index (χ3n) is 8.92. The highest BCUT2D eigenvalue weighted by Gasteiger charge is 2.17. The molecule has 0 saturated heterocycles. The molecule has 0 spiro atoms. The van der Waals surface area contributed by atoms with Gasteiger partial charge >= 0.3 is 0 Å². The molecule has 2 heteroatoms. The van der Waals surface area contributed by atoms with E-state index in [9.17, 15) is 0 Å². The zero-order valence-corrected chi connectivity index (χ0v) is 27.9. The molecular formula is C46H32BrN. The summed E-state index contributed by atoms with van der Waals surface area (Å²) >= 11 is 3.64. The van der Waals surface area contributed by atoms with Crippen molar-refractivity contribution < 1.29 is 0 Å². The van der Waals surface area contributed by atoms with Crippen LogP contribution >= 0.6 is 15.9 Å². The van der Waals surface area contributed by atoms with E-state index in [0.29, 0.717) is 0 Å². The van der Waals surface area contributed by atoms with Crippen molar-refractivity contribution in [2.45, 2.75) is 0 Å². The molecule has 48 heavy (non-hydrogen) atoms. The monoisotopic (exact) mass is 677 g/mol. The lowest BCUT2D eigenvalue weighted by atomic mass is 9.92. The standard InChI is InChI=1S/C46H32BrN/c47-41-22-26-43(27-23-41)48(42-24-20-35(21-25-42)39-19-18-34-12-7-8-15-37(34)30-39)44-28-29-45(46(32-44)36-13-5-2-6-14-36)40-17-9-16-38(31-40)33-10-3-1-4-11-33/h1-32H. The number of anilines is 3. The zero-order chi connectivity index (χ0) is 32.3. The van der Waals surface area contributed by atoms with Crippen molar-refractivity contribution >= 4 is 43.8 Å². The van der Waals surface area contributed by atoms with Crippen LogP contribution in [0.3, 0.4) is 0 Å². The fourth-order valence-corrected chi connectivity index (χ4v) is 6.75. The van der Waals surface area contributed by atoms with Crippen molar-refractivity contribution in [2.24, 2.45) is 0 Å². The number of nitrogens with zero attached hydrogens (tertiary/aromatic N) is 1. The molecule has 0 atom stereocenters. The maximum Gasteiger partial charge on any atom is 0.0468 e. The SMILES string of the molecule is Brc1ccc(N(c2ccc(-c3ccc4ccccc4c3)cc2)c2ccc(-c3cccc(-c4ccccc4)c3)c(-c3ccccc3)c2)cc1. The Morgan fingerprint density at radius 1 is 0.292 bits per heavy atom. The second-order valence-corrected chi connectivity index (χ2v) is 12.9. The van der Waals surface area contributed by atoms with Crippen LogP contribution in [0.15, 0.2) is 199 Å². The van der Waals surface area contributed by atoms with Gasteiger partial charge in [-0.3, -0.25) is 0 Å². The minimum absolute atomic E-state index is 1.05. The molecule has 8 aromatic rings. The molecule has 0 aromatic heterocycles. The van der Waals surface area contributed by atoms with Crippen molar-refractivity contribution in [3.05, 3.63) is 199 Å². The summed E-state index contributed by atoms with van der Waals surface area (Å²) in [6.45, 7) is 0. The molecule has 8 aromatic carbocycles. The van der Waals surface area contributed by atoms with Crippen molar-refractivity contribution in [2.75, 3.05) is 4.90 Å². The average Bonchev–Trinajstić information content (AvgIpc) is 3.16. The Morgan fingerprint density at radius 3 is 1.54 bits per heavy atom. The lowest BCUT2D eigenvalue weighted by Crippen LogP contribution is -2.10. The molecule has 0 fully saturated rings. The Hall–Kier alpha value is -5.70. The third kappa shape index (κ3) is 6.07. The van der Waals surface area contributed by atoms with Gasteiger partial charge in [0.2, 0.25) is 0 Å². The van der Waals surface area contributed by atoms with Gasteiger partial charge in [0.05, 0.1) is 0 Å². The van der Waals surface area contributed by atoms with Gasteiger partial charge in [0.15, 0.2) is 0 Å². The third-order valence-corrected chi connectivity index (χ3v) is 9.45. The fraction of sp³-hybridized carbons (Fsp3) is 0. The molecule has 0 amide bonds. The predicted octanol–water partition coefficient (Wildman–Crippen LogP) is 13.7. The van der Waals surface area contributed by atoms with Crippen molar-refractivity contribution in [1.82, 2.24) is 0 Å². The molecule has 0 N–H and O–H groups in total. The highest BCUT2D eigenvalue weighted by Crippen LogP contribution is 2.42. The number of halogens is 1. The van der Waals surface area contributed by atoms with Crippen LogP contribution in [0.5, 0.6) is 0 Å². The summed E-state index contributed by atoms with van der Waals surface area (Å²) in [6, 6.07) is 69.7. The van der Waals surface area contributed by atoms with Crippen molar-refractivity contribution in [1.29, 1.82) is 0 Å². The first-order valence-corrected chi connectivity index (χ1v) is 17.0. The van der Waals surface area contributed by atoms with E-state index in [1.54, 1.807) is 0 Å². The van der Waals surface area contributed by atoms with Crippen LogP contribution in [-0.2, 0) is 0 Å². The van der Waals surface area contributed by atoms with E-state index in [1.807, 2.05) is 0 Å². The Balaban J connectivity index is 1.24. The predicted molar refractivity (Wildman–Crippen MR) is 208 cm³/mol. The maximum atomic E-state index is 3.64. The summed E-state index contributed by atoms with van der Waals surface area (Å²) in [6.07, 6.45) is 0. The van der Waals surface area contributed by atoms with Crippen LogP contribution in [0.4, 0.5) is 17.1 Å². The number of hydrogen-bond acceptors (Lipinski definition) is 1. The van der Waals surface area contributed by atoms with Gasteiger partial charge < -0.3 is 4.90 Å². The number of benzene rings is 8. The van der Waals surface area contributed by atoms with Crippen molar-refractivity contribution in [3.8, 4) is 44.5 Å². The van der Waals surface area contributed by atoms with E-state index < -0.39 is 0 Å². The first kappa shape index (κ1) is 29.7. The highest BCUT2D eigenvalue weighted by atomic mass is 79.9. The molecule has 0 unspecified atom stereocenters. The summed E-state index contributed by atoms with van der Waals surface area (Å²) < 4.78 is 1.05. The summed E-state index contributed by atoms with van der Waals surface area (Å²) in [5, 5.41) is 2.50. The molecular weight excluding hydrogens is 646 g/mol. The quantitative estimate of drug-likeness (QED) is 0.162. The lowest BCUT2D eigenvalue weighted by molar-refractivity contribution is 1.28. The minimum atomic E-state index is 1.05. The Labute approximate surface area is 290 Å². The highest BCUT2D eigenvalue weighted by molar-refractivity contribution is 9.10. The summed E-state index contributed by atoms with van der Waals surface area (Å²) in [5.74, 6) is 0. The minimum Gasteiger partial charge on any atom is -0.310 e. The maximum absolute atomic E-state index is 3.64. The van der Waals surface area contributed by atoms with E-state index in [1.165, 1.54) is 55.3 Å². The number of fused-ring (bicyclic) bond motifs is 1. The van der Waals surface area contributed by atoms with Crippen LogP contribution in [0.25, 0.3) is 55.3 Å². The largest absolute Gasteiger partial charge is 0.310 e. The van der Waals surface area contributed by atoms with Crippen LogP contribution in [-0.4, -0.2) is 0 Å².